The van der Waals surface area contributed by atoms with E-state index in [9.17, 15) is 19.2 Å². The summed E-state index contributed by atoms with van der Waals surface area (Å²) in [5.74, 6) is -1.73. The normalized spacial score (nSPS) is 12.5. The lowest BCUT2D eigenvalue weighted by molar-refractivity contribution is -0.131. The molecule has 0 aliphatic carbocycles. The molecule has 3 aromatic rings. The summed E-state index contributed by atoms with van der Waals surface area (Å²) in [5, 5.41) is 2.79. The molecule has 7 heteroatoms. The van der Waals surface area contributed by atoms with Crippen molar-refractivity contribution in [1.29, 1.82) is 0 Å². The zero-order valence-electron chi connectivity index (χ0n) is 16.8. The van der Waals surface area contributed by atoms with Gasteiger partial charge in [-0.2, -0.15) is 0 Å². The van der Waals surface area contributed by atoms with Crippen molar-refractivity contribution in [3.63, 3.8) is 0 Å². The van der Waals surface area contributed by atoms with Crippen LogP contribution in [0, 0.1) is 6.92 Å². The molecule has 3 amide bonds. The van der Waals surface area contributed by atoms with Crippen molar-refractivity contribution in [2.24, 2.45) is 0 Å². The lowest BCUT2D eigenvalue weighted by Crippen LogP contribution is -2.29. The Balaban J connectivity index is 1.62. The van der Waals surface area contributed by atoms with E-state index in [0.717, 1.165) is 10.5 Å². The number of hydrogen-bond acceptors (Lipinski definition) is 5. The maximum Gasteiger partial charge on any atom is 0.308 e. The van der Waals surface area contributed by atoms with Crippen molar-refractivity contribution in [3.8, 4) is 5.75 Å². The minimum absolute atomic E-state index is 0.139. The molecule has 0 fully saturated rings. The third kappa shape index (κ3) is 3.93. The fourth-order valence-corrected chi connectivity index (χ4v) is 3.39. The first kappa shape index (κ1) is 20.0. The highest BCUT2D eigenvalue weighted by atomic mass is 16.5. The number of amides is 3. The molecule has 1 aliphatic heterocycles. The Kier molecular flexibility index (Phi) is 5.09. The van der Waals surface area contributed by atoms with Crippen LogP contribution >= 0.6 is 0 Å². The van der Waals surface area contributed by atoms with Crippen LogP contribution in [-0.2, 0) is 4.79 Å². The van der Waals surface area contributed by atoms with Crippen LogP contribution in [0.15, 0.2) is 66.7 Å². The molecule has 3 aromatic carbocycles. The summed E-state index contributed by atoms with van der Waals surface area (Å²) in [5.41, 5.74) is 2.51. The van der Waals surface area contributed by atoms with Crippen molar-refractivity contribution < 1.29 is 23.9 Å². The topological polar surface area (TPSA) is 92.8 Å². The second-order valence-electron chi connectivity index (χ2n) is 7.12. The molecule has 1 aliphatic rings. The van der Waals surface area contributed by atoms with Crippen molar-refractivity contribution in [1.82, 2.24) is 0 Å². The van der Waals surface area contributed by atoms with E-state index in [-0.39, 0.29) is 34.0 Å². The molecule has 1 N–H and O–H groups in total. The zero-order chi connectivity index (χ0) is 22.1. The average molecular weight is 414 g/mol. The zero-order valence-corrected chi connectivity index (χ0v) is 16.8. The first-order valence-corrected chi connectivity index (χ1v) is 9.53. The predicted octanol–water partition coefficient (Wildman–Crippen LogP) is 3.97. The Bertz CT molecular complexity index is 1250. The van der Waals surface area contributed by atoms with Crippen molar-refractivity contribution in [3.05, 3.63) is 89.0 Å². The first-order valence-electron chi connectivity index (χ1n) is 9.53. The largest absolute Gasteiger partial charge is 0.427 e. The van der Waals surface area contributed by atoms with E-state index in [4.69, 9.17) is 4.74 Å². The van der Waals surface area contributed by atoms with Crippen LogP contribution in [-0.4, -0.2) is 23.7 Å². The third-order valence-corrected chi connectivity index (χ3v) is 4.76. The number of anilines is 2. The standard InChI is InChI=1S/C24H18N2O5/c1-14-5-3-6-17(11-14)25-22(28)16-9-10-20-21(12-16)24(30)26(23(20)29)18-7-4-8-19(13-18)31-15(2)27/h3-13H,1-2H3,(H,25,28). The van der Waals surface area contributed by atoms with Gasteiger partial charge in [-0.3, -0.25) is 19.2 Å². The summed E-state index contributed by atoms with van der Waals surface area (Å²) < 4.78 is 5.04. The minimum Gasteiger partial charge on any atom is -0.427 e. The van der Waals surface area contributed by atoms with Crippen LogP contribution in [0.25, 0.3) is 0 Å². The van der Waals surface area contributed by atoms with Gasteiger partial charge in [-0.1, -0.05) is 18.2 Å². The smallest absolute Gasteiger partial charge is 0.308 e. The summed E-state index contributed by atoms with van der Waals surface area (Å²) in [6.45, 7) is 3.18. The van der Waals surface area contributed by atoms with E-state index in [0.29, 0.717) is 5.69 Å². The van der Waals surface area contributed by atoms with Crippen molar-refractivity contribution in [2.75, 3.05) is 10.2 Å². The van der Waals surface area contributed by atoms with Gasteiger partial charge in [0.15, 0.2) is 0 Å². The molecule has 0 spiro atoms. The van der Waals surface area contributed by atoms with Gasteiger partial charge in [0, 0.05) is 24.2 Å². The number of fused-ring (bicyclic) bond motifs is 1. The number of imide groups is 1. The van der Waals surface area contributed by atoms with Crippen LogP contribution in [0.4, 0.5) is 11.4 Å². The quantitative estimate of drug-likeness (QED) is 0.396. The summed E-state index contributed by atoms with van der Waals surface area (Å²) >= 11 is 0. The molecule has 0 saturated heterocycles. The minimum atomic E-state index is -0.551. The fourth-order valence-electron chi connectivity index (χ4n) is 3.39. The van der Waals surface area contributed by atoms with Gasteiger partial charge < -0.3 is 10.1 Å². The molecule has 31 heavy (non-hydrogen) atoms. The Morgan fingerprint density at radius 3 is 2.35 bits per heavy atom. The number of nitrogens with zero attached hydrogens (tertiary/aromatic N) is 1. The van der Waals surface area contributed by atoms with Gasteiger partial charge in [0.05, 0.1) is 16.8 Å². The molecule has 0 bridgehead atoms. The summed E-state index contributed by atoms with van der Waals surface area (Å²) in [4.78, 5) is 50.7. The number of esters is 1. The maximum absolute atomic E-state index is 13.0. The van der Waals surface area contributed by atoms with E-state index in [1.165, 1.54) is 31.2 Å². The molecule has 4 rings (SSSR count). The maximum atomic E-state index is 13.0. The van der Waals surface area contributed by atoms with Gasteiger partial charge in [0.1, 0.15) is 5.75 Å². The number of ether oxygens (including phenoxy) is 1. The van der Waals surface area contributed by atoms with Gasteiger partial charge in [0.25, 0.3) is 17.7 Å². The van der Waals surface area contributed by atoms with Crippen LogP contribution in [0.5, 0.6) is 5.75 Å². The van der Waals surface area contributed by atoms with E-state index in [1.54, 1.807) is 24.3 Å². The molecule has 0 saturated carbocycles. The number of benzene rings is 3. The Hall–Kier alpha value is -4.26. The SMILES string of the molecule is CC(=O)Oc1cccc(N2C(=O)c3ccc(C(=O)Nc4cccc(C)c4)cc3C2=O)c1. The van der Waals surface area contributed by atoms with E-state index in [2.05, 4.69) is 5.32 Å². The van der Waals surface area contributed by atoms with Crippen molar-refractivity contribution >= 4 is 35.1 Å². The highest BCUT2D eigenvalue weighted by molar-refractivity contribution is 6.34. The monoisotopic (exact) mass is 414 g/mol. The number of rotatable bonds is 4. The Morgan fingerprint density at radius 1 is 0.871 bits per heavy atom. The lowest BCUT2D eigenvalue weighted by Gasteiger charge is -2.14. The Morgan fingerprint density at radius 2 is 1.61 bits per heavy atom. The molecule has 0 radical (unpaired) electrons. The van der Waals surface area contributed by atoms with Crippen LogP contribution in [0.1, 0.15) is 43.6 Å². The molecule has 0 atom stereocenters. The van der Waals surface area contributed by atoms with Gasteiger partial charge in [-0.25, -0.2) is 4.90 Å². The van der Waals surface area contributed by atoms with Crippen molar-refractivity contribution in [2.45, 2.75) is 13.8 Å². The van der Waals surface area contributed by atoms with Gasteiger partial charge in [-0.15, -0.1) is 0 Å². The molecule has 154 valence electrons. The molecule has 0 unspecified atom stereocenters. The number of aryl methyl sites for hydroxylation is 1. The van der Waals surface area contributed by atoms with Crippen LogP contribution in [0.3, 0.4) is 0 Å². The second kappa shape index (κ2) is 7.87. The molecular formula is C24H18N2O5. The third-order valence-electron chi connectivity index (χ3n) is 4.76. The predicted molar refractivity (Wildman–Crippen MR) is 114 cm³/mol. The van der Waals surface area contributed by atoms with E-state index < -0.39 is 17.8 Å². The average Bonchev–Trinajstić information content (AvgIpc) is 2.97. The number of nitrogens with one attached hydrogen (secondary N) is 1. The molecule has 0 aromatic heterocycles. The van der Waals surface area contributed by atoms with Gasteiger partial charge in [0.2, 0.25) is 0 Å². The Labute approximate surface area is 178 Å². The molecule has 7 nitrogen and oxygen atoms in total. The molecular weight excluding hydrogens is 396 g/mol. The highest BCUT2D eigenvalue weighted by Crippen LogP contribution is 2.31. The lowest BCUT2D eigenvalue weighted by atomic mass is 10.1. The summed E-state index contributed by atoms with van der Waals surface area (Å²) in [6.07, 6.45) is 0. The van der Waals surface area contributed by atoms with Crippen LogP contribution in [0.2, 0.25) is 0 Å². The first-order chi connectivity index (χ1) is 14.8. The highest BCUT2D eigenvalue weighted by Gasteiger charge is 2.37. The summed E-state index contributed by atoms with van der Waals surface area (Å²) in [6, 6.07) is 17.9. The number of hydrogen-bond donors (Lipinski definition) is 1. The van der Waals surface area contributed by atoms with E-state index in [1.807, 2.05) is 25.1 Å². The van der Waals surface area contributed by atoms with Gasteiger partial charge >= 0.3 is 5.97 Å². The molecule has 1 heterocycles. The fraction of sp³-hybridized carbons (Fsp3) is 0.0833. The second-order valence-corrected chi connectivity index (χ2v) is 7.12. The van der Waals surface area contributed by atoms with E-state index >= 15 is 0 Å². The summed E-state index contributed by atoms with van der Waals surface area (Å²) in [7, 11) is 0. The van der Waals surface area contributed by atoms with Crippen LogP contribution < -0.4 is 15.0 Å². The number of carbonyl (C=O) groups is 4. The number of carbonyl (C=O) groups excluding carboxylic acids is 4. The van der Waals surface area contributed by atoms with Gasteiger partial charge in [-0.05, 0) is 55.0 Å².